The normalized spacial score (nSPS) is 34.2. The zero-order chi connectivity index (χ0) is 14.5. The summed E-state index contributed by atoms with van der Waals surface area (Å²) in [6, 6.07) is 5.56. The zero-order valence-electron chi connectivity index (χ0n) is 13.2. The number of aryl methyl sites for hydroxylation is 3. The summed E-state index contributed by atoms with van der Waals surface area (Å²) >= 11 is 0. The average Bonchev–Trinajstić information content (AvgIpc) is 2.36. The quantitative estimate of drug-likeness (QED) is 0.847. The standard InChI is InChI=1S/C18H27NO/c1-12-8-14(3)17(9-13(12)2)18(20)10-15-6-5-7-16(11-18)19(15)4/h8-9,15-16,20H,5-7,10-11H2,1-4H3. The van der Waals surface area contributed by atoms with E-state index in [9.17, 15) is 5.11 Å². The first kappa shape index (κ1) is 14.1. The van der Waals surface area contributed by atoms with Crippen LogP contribution in [0, 0.1) is 20.8 Å². The molecule has 2 fully saturated rings. The highest BCUT2D eigenvalue weighted by molar-refractivity contribution is 5.40. The summed E-state index contributed by atoms with van der Waals surface area (Å²) in [7, 11) is 2.24. The van der Waals surface area contributed by atoms with Crippen LogP contribution in [0.3, 0.4) is 0 Å². The molecule has 0 saturated carbocycles. The van der Waals surface area contributed by atoms with E-state index < -0.39 is 5.60 Å². The fourth-order valence-corrected chi connectivity index (χ4v) is 4.33. The van der Waals surface area contributed by atoms with Crippen molar-refractivity contribution in [3.8, 4) is 0 Å². The fraction of sp³-hybridized carbons (Fsp3) is 0.667. The minimum absolute atomic E-state index is 0.550. The Morgan fingerprint density at radius 3 is 2.15 bits per heavy atom. The van der Waals surface area contributed by atoms with Crippen LogP contribution < -0.4 is 0 Å². The summed E-state index contributed by atoms with van der Waals surface area (Å²) in [5, 5.41) is 11.3. The lowest BCUT2D eigenvalue weighted by Gasteiger charge is -2.51. The molecule has 0 amide bonds. The largest absolute Gasteiger partial charge is 0.385 e. The summed E-state index contributed by atoms with van der Waals surface area (Å²) < 4.78 is 0. The van der Waals surface area contributed by atoms with Crippen LogP contribution in [0.5, 0.6) is 0 Å². The minimum atomic E-state index is -0.620. The van der Waals surface area contributed by atoms with Crippen LogP contribution in [-0.4, -0.2) is 29.1 Å². The number of benzene rings is 1. The Balaban J connectivity index is 1.99. The van der Waals surface area contributed by atoms with Crippen LogP contribution in [0.25, 0.3) is 0 Å². The molecular formula is C18H27NO. The molecule has 0 spiro atoms. The third-order valence-electron chi connectivity index (χ3n) is 5.72. The van der Waals surface area contributed by atoms with E-state index in [1.807, 2.05) is 0 Å². The number of fused-ring (bicyclic) bond motifs is 2. The van der Waals surface area contributed by atoms with Crippen molar-refractivity contribution in [2.75, 3.05) is 7.05 Å². The smallest absolute Gasteiger partial charge is 0.0929 e. The third kappa shape index (κ3) is 2.19. The van der Waals surface area contributed by atoms with Gasteiger partial charge >= 0.3 is 0 Å². The highest BCUT2D eigenvalue weighted by Gasteiger charge is 2.45. The predicted molar refractivity (Wildman–Crippen MR) is 83.0 cm³/mol. The number of rotatable bonds is 1. The van der Waals surface area contributed by atoms with Crippen molar-refractivity contribution >= 4 is 0 Å². The van der Waals surface area contributed by atoms with Crippen LogP contribution in [0.2, 0.25) is 0 Å². The van der Waals surface area contributed by atoms with Crippen molar-refractivity contribution in [1.82, 2.24) is 4.90 Å². The van der Waals surface area contributed by atoms with E-state index in [4.69, 9.17) is 0 Å². The van der Waals surface area contributed by atoms with Gasteiger partial charge in [-0.05, 0) is 75.8 Å². The van der Waals surface area contributed by atoms with Crippen molar-refractivity contribution in [2.45, 2.75) is 70.6 Å². The van der Waals surface area contributed by atoms with Gasteiger partial charge in [-0.1, -0.05) is 18.6 Å². The second kappa shape index (κ2) is 4.85. The van der Waals surface area contributed by atoms with E-state index in [1.54, 1.807) is 0 Å². The van der Waals surface area contributed by atoms with Gasteiger partial charge in [-0.3, -0.25) is 0 Å². The Labute approximate surface area is 122 Å². The molecule has 2 bridgehead atoms. The maximum Gasteiger partial charge on any atom is 0.0929 e. The SMILES string of the molecule is Cc1cc(C)c(C2(O)CC3CCCC(C2)N3C)cc1C. The van der Waals surface area contributed by atoms with Gasteiger partial charge in [-0.2, -0.15) is 0 Å². The molecular weight excluding hydrogens is 246 g/mol. The molecule has 1 N–H and O–H groups in total. The molecule has 110 valence electrons. The Kier molecular flexibility index (Phi) is 3.42. The molecule has 2 nitrogen and oxygen atoms in total. The maximum atomic E-state index is 11.3. The molecule has 20 heavy (non-hydrogen) atoms. The highest BCUT2D eigenvalue weighted by atomic mass is 16.3. The van der Waals surface area contributed by atoms with Crippen molar-refractivity contribution in [2.24, 2.45) is 0 Å². The number of hydrogen-bond donors (Lipinski definition) is 1. The van der Waals surface area contributed by atoms with Crippen molar-refractivity contribution in [1.29, 1.82) is 0 Å². The summed E-state index contributed by atoms with van der Waals surface area (Å²) in [6.07, 6.45) is 5.58. The number of nitrogens with zero attached hydrogens (tertiary/aromatic N) is 1. The fourth-order valence-electron chi connectivity index (χ4n) is 4.33. The highest BCUT2D eigenvalue weighted by Crippen LogP contribution is 2.44. The first-order chi connectivity index (χ1) is 9.40. The number of piperidine rings is 2. The molecule has 0 aliphatic carbocycles. The van der Waals surface area contributed by atoms with Crippen molar-refractivity contribution < 1.29 is 5.11 Å². The van der Waals surface area contributed by atoms with Crippen molar-refractivity contribution in [3.05, 3.63) is 34.4 Å². The van der Waals surface area contributed by atoms with E-state index >= 15 is 0 Å². The second-order valence-corrected chi connectivity index (χ2v) is 7.10. The van der Waals surface area contributed by atoms with Crippen LogP contribution in [0.4, 0.5) is 0 Å². The van der Waals surface area contributed by atoms with Gasteiger partial charge in [0.15, 0.2) is 0 Å². The Hall–Kier alpha value is -0.860. The average molecular weight is 273 g/mol. The molecule has 1 aromatic rings. The summed E-state index contributed by atoms with van der Waals surface area (Å²) in [5.74, 6) is 0. The van der Waals surface area contributed by atoms with E-state index in [0.29, 0.717) is 12.1 Å². The molecule has 2 aliphatic rings. The topological polar surface area (TPSA) is 23.5 Å². The molecule has 2 atom stereocenters. The van der Waals surface area contributed by atoms with Gasteiger partial charge in [0.25, 0.3) is 0 Å². The Bertz CT molecular complexity index is 508. The third-order valence-corrected chi connectivity index (χ3v) is 5.72. The van der Waals surface area contributed by atoms with Crippen LogP contribution in [0.1, 0.15) is 54.4 Å². The lowest BCUT2D eigenvalue weighted by molar-refractivity contribution is -0.0878. The van der Waals surface area contributed by atoms with Gasteiger partial charge in [-0.25, -0.2) is 0 Å². The number of hydrogen-bond acceptors (Lipinski definition) is 2. The first-order valence-electron chi connectivity index (χ1n) is 7.93. The minimum Gasteiger partial charge on any atom is -0.385 e. The molecule has 0 radical (unpaired) electrons. The van der Waals surface area contributed by atoms with Gasteiger partial charge in [0.1, 0.15) is 0 Å². The van der Waals surface area contributed by atoms with E-state index in [-0.39, 0.29) is 0 Å². The molecule has 2 saturated heterocycles. The monoisotopic (exact) mass is 273 g/mol. The van der Waals surface area contributed by atoms with Gasteiger partial charge in [-0.15, -0.1) is 0 Å². The van der Waals surface area contributed by atoms with E-state index in [2.05, 4.69) is 44.9 Å². The molecule has 2 unspecified atom stereocenters. The van der Waals surface area contributed by atoms with Crippen molar-refractivity contribution in [3.63, 3.8) is 0 Å². The second-order valence-electron chi connectivity index (χ2n) is 7.10. The molecule has 2 heteroatoms. The molecule has 0 aromatic heterocycles. The van der Waals surface area contributed by atoms with Gasteiger partial charge in [0.2, 0.25) is 0 Å². The summed E-state index contributed by atoms with van der Waals surface area (Å²) in [6.45, 7) is 6.45. The van der Waals surface area contributed by atoms with Crippen LogP contribution >= 0.6 is 0 Å². The molecule has 2 heterocycles. The molecule has 2 aliphatic heterocycles. The molecule has 3 rings (SSSR count). The lowest BCUT2D eigenvalue weighted by atomic mass is 9.71. The maximum absolute atomic E-state index is 11.3. The Morgan fingerprint density at radius 2 is 1.55 bits per heavy atom. The number of aliphatic hydroxyl groups is 1. The Morgan fingerprint density at radius 1 is 1.00 bits per heavy atom. The summed E-state index contributed by atoms with van der Waals surface area (Å²) in [4.78, 5) is 2.51. The first-order valence-corrected chi connectivity index (χ1v) is 7.93. The van der Waals surface area contributed by atoms with E-state index in [1.165, 1.54) is 41.5 Å². The zero-order valence-corrected chi connectivity index (χ0v) is 13.2. The lowest BCUT2D eigenvalue weighted by Crippen LogP contribution is -2.55. The van der Waals surface area contributed by atoms with Gasteiger partial charge < -0.3 is 10.0 Å². The van der Waals surface area contributed by atoms with Gasteiger partial charge in [0, 0.05) is 12.1 Å². The summed E-state index contributed by atoms with van der Waals surface area (Å²) in [5.41, 5.74) is 4.42. The van der Waals surface area contributed by atoms with Crippen LogP contribution in [-0.2, 0) is 5.60 Å². The van der Waals surface area contributed by atoms with Gasteiger partial charge in [0.05, 0.1) is 5.60 Å². The predicted octanol–water partition coefficient (Wildman–Crippen LogP) is 3.45. The van der Waals surface area contributed by atoms with E-state index in [0.717, 1.165) is 12.8 Å². The molecule has 1 aromatic carbocycles. The van der Waals surface area contributed by atoms with Crippen LogP contribution in [0.15, 0.2) is 12.1 Å².